The molecular weight excluding hydrogens is 559 g/mol. The zero-order valence-corrected chi connectivity index (χ0v) is 24.5. The third-order valence-electron chi connectivity index (χ3n) is 7.02. The number of piperazine rings is 1. The van der Waals surface area contributed by atoms with E-state index in [1.54, 1.807) is 24.7 Å². The lowest BCUT2D eigenvalue weighted by Crippen LogP contribution is -2.48. The van der Waals surface area contributed by atoms with Gasteiger partial charge in [0.05, 0.1) is 24.5 Å². The Kier molecular flexibility index (Phi) is 8.75. The van der Waals surface area contributed by atoms with Crippen LogP contribution >= 0.6 is 23.2 Å². The summed E-state index contributed by atoms with van der Waals surface area (Å²) in [4.78, 5) is 6.45. The number of halogens is 2. The standard InChI is InChI=1S/C28H34Cl2N4O4S/c1-3-16-39(2,35)34-14-12-33(13-15-34)23-5-7-24(8-6-23)36-18-25-19-37-28(38-25,20-32-11-10-31-21-32)26-9-4-22(29)17-27(26)30/h4-11,16-17,21,25H,3,12-15,18-20H2,1-2H3. The molecular formula is C28H34Cl2N4O4S. The molecule has 3 heterocycles. The van der Waals surface area contributed by atoms with Gasteiger partial charge in [-0.25, -0.2) is 9.29 Å². The molecule has 5 rings (SSSR count). The first-order valence-electron chi connectivity index (χ1n) is 13.1. The zero-order valence-electron chi connectivity index (χ0n) is 22.2. The van der Waals surface area contributed by atoms with Crippen molar-refractivity contribution in [1.29, 1.82) is 0 Å². The monoisotopic (exact) mass is 592 g/mol. The summed E-state index contributed by atoms with van der Waals surface area (Å²) in [6.07, 6.45) is 7.64. The van der Waals surface area contributed by atoms with Crippen LogP contribution < -0.4 is 9.64 Å². The summed E-state index contributed by atoms with van der Waals surface area (Å²) in [5.41, 5.74) is 1.84. The van der Waals surface area contributed by atoms with Crippen molar-refractivity contribution in [3.63, 3.8) is 0 Å². The van der Waals surface area contributed by atoms with Crippen molar-refractivity contribution in [1.82, 2.24) is 13.9 Å². The van der Waals surface area contributed by atoms with Gasteiger partial charge in [0.15, 0.2) is 0 Å². The van der Waals surface area contributed by atoms with Crippen molar-refractivity contribution in [2.75, 3.05) is 50.5 Å². The highest BCUT2D eigenvalue weighted by Gasteiger charge is 2.45. The Balaban J connectivity index is 1.19. The van der Waals surface area contributed by atoms with Gasteiger partial charge in [-0.2, -0.15) is 0 Å². The first-order chi connectivity index (χ1) is 18.8. The summed E-state index contributed by atoms with van der Waals surface area (Å²) in [6, 6.07) is 13.4. The second-order valence-corrected chi connectivity index (χ2v) is 13.2. The molecule has 0 amide bonds. The van der Waals surface area contributed by atoms with Crippen LogP contribution in [0.4, 0.5) is 5.69 Å². The summed E-state index contributed by atoms with van der Waals surface area (Å²) in [6.45, 7) is 6.32. The van der Waals surface area contributed by atoms with Crippen LogP contribution in [-0.4, -0.2) is 75.2 Å². The lowest BCUT2D eigenvalue weighted by molar-refractivity contribution is -0.189. The number of nitrogens with zero attached hydrogens (tertiary/aromatic N) is 4. The molecule has 39 heavy (non-hydrogen) atoms. The molecule has 2 saturated heterocycles. The molecule has 2 fully saturated rings. The Morgan fingerprint density at radius 3 is 2.59 bits per heavy atom. The van der Waals surface area contributed by atoms with Crippen LogP contribution in [0.1, 0.15) is 18.9 Å². The third-order valence-corrected chi connectivity index (χ3v) is 9.91. The van der Waals surface area contributed by atoms with Crippen molar-refractivity contribution in [3.05, 3.63) is 76.8 Å². The van der Waals surface area contributed by atoms with E-state index in [0.717, 1.165) is 44.0 Å². The van der Waals surface area contributed by atoms with E-state index in [-0.39, 0.29) is 6.10 Å². The number of hydrogen-bond donors (Lipinski definition) is 0. The second kappa shape index (κ2) is 12.1. The molecule has 3 unspecified atom stereocenters. The third kappa shape index (κ3) is 6.56. The van der Waals surface area contributed by atoms with Crippen LogP contribution in [0.25, 0.3) is 0 Å². The highest BCUT2D eigenvalue weighted by Crippen LogP contribution is 2.40. The molecule has 0 saturated carbocycles. The maximum absolute atomic E-state index is 12.8. The molecule has 0 N–H and O–H groups in total. The molecule has 2 aliphatic rings. The fourth-order valence-corrected chi connectivity index (χ4v) is 7.31. The van der Waals surface area contributed by atoms with E-state index in [1.807, 2.05) is 47.5 Å². The fraction of sp³-hybridized carbons (Fsp3) is 0.429. The molecule has 0 bridgehead atoms. The molecule has 11 heteroatoms. The minimum atomic E-state index is -2.03. The van der Waals surface area contributed by atoms with E-state index in [4.69, 9.17) is 37.4 Å². The molecule has 8 nitrogen and oxygen atoms in total. The summed E-state index contributed by atoms with van der Waals surface area (Å²) in [7, 11) is -2.03. The van der Waals surface area contributed by atoms with Crippen molar-refractivity contribution in [2.24, 2.45) is 0 Å². The Labute approximate surface area is 240 Å². The van der Waals surface area contributed by atoms with Crippen LogP contribution in [0.3, 0.4) is 0 Å². The number of benzene rings is 2. The molecule has 210 valence electrons. The van der Waals surface area contributed by atoms with Gasteiger partial charge in [-0.1, -0.05) is 36.2 Å². The highest BCUT2D eigenvalue weighted by atomic mass is 35.5. The van der Waals surface area contributed by atoms with Gasteiger partial charge in [0.25, 0.3) is 0 Å². The number of aromatic nitrogens is 2. The molecule has 2 aliphatic heterocycles. The Morgan fingerprint density at radius 2 is 1.92 bits per heavy atom. The van der Waals surface area contributed by atoms with Crippen molar-refractivity contribution in [3.8, 4) is 5.75 Å². The number of rotatable bonds is 9. The predicted octanol–water partition coefficient (Wildman–Crippen LogP) is 4.70. The zero-order chi connectivity index (χ0) is 27.5. The summed E-state index contributed by atoms with van der Waals surface area (Å²) >= 11 is 12.7. The first-order valence-corrected chi connectivity index (χ1v) is 15.8. The summed E-state index contributed by atoms with van der Waals surface area (Å²) < 4.78 is 35.6. The average Bonchev–Trinajstić information content (AvgIpc) is 3.58. The molecule has 2 aromatic carbocycles. The van der Waals surface area contributed by atoms with Gasteiger partial charge in [-0.05, 0) is 48.2 Å². The number of hydrogen-bond acceptors (Lipinski definition) is 6. The molecule has 3 atom stereocenters. The van der Waals surface area contributed by atoms with E-state index >= 15 is 0 Å². The smallest absolute Gasteiger partial charge is 0.215 e. The van der Waals surface area contributed by atoms with E-state index in [1.165, 1.54) is 0 Å². The first kappa shape index (κ1) is 28.3. The molecule has 1 aromatic heterocycles. The van der Waals surface area contributed by atoms with Crippen LogP contribution in [0.5, 0.6) is 5.75 Å². The Morgan fingerprint density at radius 1 is 1.15 bits per heavy atom. The number of imidazole rings is 1. The summed E-state index contributed by atoms with van der Waals surface area (Å²) in [5.74, 6) is -0.328. The molecule has 0 radical (unpaired) electrons. The van der Waals surface area contributed by atoms with E-state index < -0.39 is 15.5 Å². The Bertz CT molecular complexity index is 1370. The van der Waals surface area contributed by atoms with Crippen molar-refractivity contribution < 1.29 is 18.4 Å². The van der Waals surface area contributed by atoms with Crippen molar-refractivity contribution in [2.45, 2.75) is 31.8 Å². The van der Waals surface area contributed by atoms with Gasteiger partial charge in [-0.15, -0.1) is 0 Å². The minimum Gasteiger partial charge on any atom is -0.491 e. The normalized spacial score (nSPS) is 23.5. The van der Waals surface area contributed by atoms with Gasteiger partial charge in [0, 0.05) is 70.8 Å². The highest BCUT2D eigenvalue weighted by molar-refractivity contribution is 7.98. The second-order valence-electron chi connectivity index (χ2n) is 9.82. The van der Waals surface area contributed by atoms with E-state index in [2.05, 4.69) is 26.3 Å². The molecule has 0 spiro atoms. The number of anilines is 1. The van der Waals surface area contributed by atoms with E-state index in [0.29, 0.717) is 35.4 Å². The molecule has 3 aromatic rings. The van der Waals surface area contributed by atoms with Crippen LogP contribution in [-0.2, 0) is 31.5 Å². The lowest BCUT2D eigenvalue weighted by Gasteiger charge is -2.37. The number of ether oxygens (including phenoxy) is 3. The van der Waals surface area contributed by atoms with Gasteiger partial charge in [-0.3, -0.25) is 4.21 Å². The maximum Gasteiger partial charge on any atom is 0.215 e. The van der Waals surface area contributed by atoms with Crippen LogP contribution in [0.2, 0.25) is 10.0 Å². The largest absolute Gasteiger partial charge is 0.491 e. The molecule has 0 aliphatic carbocycles. The lowest BCUT2D eigenvalue weighted by atomic mass is 10.1. The quantitative estimate of drug-likeness (QED) is 0.335. The van der Waals surface area contributed by atoms with Gasteiger partial charge in [0.1, 0.15) is 18.5 Å². The topological polar surface area (TPSA) is 69.1 Å². The van der Waals surface area contributed by atoms with Gasteiger partial charge in [0.2, 0.25) is 5.79 Å². The fourth-order valence-electron chi connectivity index (χ4n) is 5.04. The SMILES string of the molecule is CCC=S(C)(=O)N1CCN(c2ccc(OCC3COC(Cn4ccnc4)(c4ccc(Cl)cc4Cl)O3)cc2)CC1. The van der Waals surface area contributed by atoms with Gasteiger partial charge >= 0.3 is 0 Å². The van der Waals surface area contributed by atoms with Crippen LogP contribution in [0.15, 0.2) is 61.2 Å². The Hall–Kier alpha value is -2.27. The van der Waals surface area contributed by atoms with Crippen LogP contribution in [0, 0.1) is 0 Å². The maximum atomic E-state index is 12.8. The predicted molar refractivity (Wildman–Crippen MR) is 157 cm³/mol. The average molecular weight is 594 g/mol. The van der Waals surface area contributed by atoms with Crippen molar-refractivity contribution >= 4 is 44.0 Å². The van der Waals surface area contributed by atoms with Gasteiger partial charge < -0.3 is 23.7 Å². The van der Waals surface area contributed by atoms with E-state index in [9.17, 15) is 4.21 Å². The summed E-state index contributed by atoms with van der Waals surface area (Å²) in [5, 5.41) is 2.95. The minimum absolute atomic E-state index is 0.295.